The standard InChI is InChI=1S/C14H19ClN2O3S.ClH/c1-3-4-11(16)14(18)17(2)12-8-21(19,20)13-6-5-9(15)7-10(12)13;/h5-7,11-12H,3-4,8,16H2,1-2H3;1H. The van der Waals surface area contributed by atoms with Crippen molar-refractivity contribution in [3.63, 3.8) is 0 Å². The number of carbonyl (C=O) groups is 1. The van der Waals surface area contributed by atoms with Gasteiger partial charge in [0, 0.05) is 12.1 Å². The van der Waals surface area contributed by atoms with Crippen molar-refractivity contribution in [2.24, 2.45) is 5.73 Å². The van der Waals surface area contributed by atoms with Gasteiger partial charge in [0.1, 0.15) is 0 Å². The van der Waals surface area contributed by atoms with Crippen molar-refractivity contribution < 1.29 is 13.2 Å². The molecule has 2 N–H and O–H groups in total. The summed E-state index contributed by atoms with van der Waals surface area (Å²) >= 11 is 5.96. The third-order valence-corrected chi connectivity index (χ3v) is 5.81. The number of hydrogen-bond donors (Lipinski definition) is 1. The van der Waals surface area contributed by atoms with Crippen LogP contribution in [0.2, 0.25) is 5.02 Å². The zero-order valence-electron chi connectivity index (χ0n) is 12.5. The van der Waals surface area contributed by atoms with Crippen LogP contribution in [0.5, 0.6) is 0 Å². The lowest BCUT2D eigenvalue weighted by atomic mass is 10.1. The van der Waals surface area contributed by atoms with Crippen LogP contribution in [0.1, 0.15) is 31.4 Å². The van der Waals surface area contributed by atoms with Gasteiger partial charge in [-0.15, -0.1) is 12.4 Å². The predicted octanol–water partition coefficient (Wildman–Crippen LogP) is 2.18. The summed E-state index contributed by atoms with van der Waals surface area (Å²) in [5, 5.41) is 0.453. The highest BCUT2D eigenvalue weighted by Gasteiger charge is 2.39. The second-order valence-electron chi connectivity index (χ2n) is 5.32. The van der Waals surface area contributed by atoms with Crippen LogP contribution in [0.25, 0.3) is 0 Å². The molecule has 2 atom stereocenters. The Labute approximate surface area is 142 Å². The van der Waals surface area contributed by atoms with E-state index in [2.05, 4.69) is 0 Å². The molecule has 1 amide bonds. The largest absolute Gasteiger partial charge is 0.336 e. The van der Waals surface area contributed by atoms with Crippen molar-refractivity contribution in [3.05, 3.63) is 28.8 Å². The summed E-state index contributed by atoms with van der Waals surface area (Å²) in [7, 11) is -1.79. The molecule has 0 aliphatic carbocycles. The molecule has 1 aliphatic heterocycles. The molecule has 2 rings (SSSR count). The van der Waals surface area contributed by atoms with Crippen molar-refractivity contribution >= 4 is 39.8 Å². The average molecular weight is 367 g/mol. The van der Waals surface area contributed by atoms with Gasteiger partial charge in [0.15, 0.2) is 9.84 Å². The van der Waals surface area contributed by atoms with Gasteiger partial charge in [-0.1, -0.05) is 24.9 Å². The van der Waals surface area contributed by atoms with Gasteiger partial charge in [-0.3, -0.25) is 4.79 Å². The van der Waals surface area contributed by atoms with Crippen molar-refractivity contribution in [2.45, 2.75) is 36.7 Å². The minimum absolute atomic E-state index is 0. The quantitative estimate of drug-likeness (QED) is 0.885. The number of rotatable bonds is 4. The second-order valence-corrected chi connectivity index (χ2v) is 7.76. The molecule has 1 aliphatic rings. The Kier molecular flexibility index (Phi) is 6.27. The molecule has 0 spiro atoms. The van der Waals surface area contributed by atoms with E-state index in [-0.39, 0.29) is 29.0 Å². The number of likely N-dealkylation sites (N-methyl/N-ethyl adjacent to an activating group) is 1. The van der Waals surface area contributed by atoms with Crippen LogP contribution in [0.3, 0.4) is 0 Å². The topological polar surface area (TPSA) is 80.5 Å². The average Bonchev–Trinajstić information content (AvgIpc) is 2.68. The van der Waals surface area contributed by atoms with E-state index in [4.69, 9.17) is 17.3 Å². The molecule has 22 heavy (non-hydrogen) atoms. The normalized spacial score (nSPS) is 19.9. The lowest BCUT2D eigenvalue weighted by Gasteiger charge is -2.27. The Morgan fingerprint density at radius 2 is 2.14 bits per heavy atom. The molecule has 0 radical (unpaired) electrons. The molecule has 0 aromatic heterocycles. The van der Waals surface area contributed by atoms with Crippen molar-refractivity contribution in [1.82, 2.24) is 4.90 Å². The highest BCUT2D eigenvalue weighted by atomic mass is 35.5. The van der Waals surface area contributed by atoms with Crippen molar-refractivity contribution in [2.75, 3.05) is 12.8 Å². The number of nitrogens with zero attached hydrogens (tertiary/aromatic N) is 1. The van der Waals surface area contributed by atoms with Crippen LogP contribution < -0.4 is 5.73 Å². The number of carbonyl (C=O) groups excluding carboxylic acids is 1. The van der Waals surface area contributed by atoms with E-state index >= 15 is 0 Å². The molecule has 1 heterocycles. The minimum Gasteiger partial charge on any atom is -0.336 e. The summed E-state index contributed by atoms with van der Waals surface area (Å²) < 4.78 is 24.4. The maximum atomic E-state index is 12.3. The SMILES string of the molecule is CCCC(N)C(=O)N(C)C1CS(=O)(=O)c2ccc(Cl)cc21.Cl. The monoisotopic (exact) mass is 366 g/mol. The molecule has 0 bridgehead atoms. The molecule has 8 heteroatoms. The maximum absolute atomic E-state index is 12.3. The summed E-state index contributed by atoms with van der Waals surface area (Å²) in [4.78, 5) is 14.0. The summed E-state index contributed by atoms with van der Waals surface area (Å²) in [5.74, 6) is -0.367. The number of halogens is 2. The van der Waals surface area contributed by atoms with Crippen LogP contribution >= 0.6 is 24.0 Å². The Morgan fingerprint density at radius 3 is 2.73 bits per heavy atom. The van der Waals surface area contributed by atoms with E-state index in [1.807, 2.05) is 6.92 Å². The maximum Gasteiger partial charge on any atom is 0.239 e. The van der Waals surface area contributed by atoms with Crippen LogP contribution in [-0.2, 0) is 14.6 Å². The Balaban J connectivity index is 0.00000242. The van der Waals surface area contributed by atoms with Crippen LogP contribution in [-0.4, -0.2) is 38.1 Å². The Morgan fingerprint density at radius 1 is 1.50 bits per heavy atom. The molecular weight excluding hydrogens is 347 g/mol. The Hall–Kier alpha value is -0.820. The lowest BCUT2D eigenvalue weighted by molar-refractivity contribution is -0.133. The van der Waals surface area contributed by atoms with Crippen molar-refractivity contribution in [1.29, 1.82) is 0 Å². The minimum atomic E-state index is -3.38. The van der Waals surface area contributed by atoms with Gasteiger partial charge in [-0.2, -0.15) is 0 Å². The van der Waals surface area contributed by atoms with E-state index in [1.54, 1.807) is 19.2 Å². The zero-order chi connectivity index (χ0) is 15.8. The molecule has 1 aromatic carbocycles. The first-order chi connectivity index (χ1) is 9.77. The van der Waals surface area contributed by atoms with E-state index < -0.39 is 21.9 Å². The smallest absolute Gasteiger partial charge is 0.239 e. The highest BCUT2D eigenvalue weighted by Crippen LogP contribution is 2.38. The molecule has 1 aromatic rings. The van der Waals surface area contributed by atoms with Gasteiger partial charge in [0.2, 0.25) is 5.91 Å². The number of hydrogen-bond acceptors (Lipinski definition) is 4. The van der Waals surface area contributed by atoms with E-state index in [0.717, 1.165) is 6.42 Å². The van der Waals surface area contributed by atoms with Gasteiger partial charge < -0.3 is 10.6 Å². The van der Waals surface area contributed by atoms with E-state index in [0.29, 0.717) is 17.0 Å². The fourth-order valence-corrected chi connectivity index (χ4v) is 4.63. The van der Waals surface area contributed by atoms with Gasteiger partial charge in [-0.05, 0) is 30.2 Å². The van der Waals surface area contributed by atoms with Crippen LogP contribution in [0.4, 0.5) is 0 Å². The highest BCUT2D eigenvalue weighted by molar-refractivity contribution is 7.91. The summed E-state index contributed by atoms with van der Waals surface area (Å²) in [6, 6.07) is 3.52. The lowest BCUT2D eigenvalue weighted by Crippen LogP contribution is -2.43. The van der Waals surface area contributed by atoms with Gasteiger partial charge >= 0.3 is 0 Å². The summed E-state index contributed by atoms with van der Waals surface area (Å²) in [6.45, 7) is 1.95. The fraction of sp³-hybridized carbons (Fsp3) is 0.500. The van der Waals surface area contributed by atoms with Gasteiger partial charge in [0.25, 0.3) is 0 Å². The number of benzene rings is 1. The number of fused-ring (bicyclic) bond motifs is 1. The number of sulfone groups is 1. The molecule has 0 saturated heterocycles. The first-order valence-corrected chi connectivity index (χ1v) is 8.85. The third-order valence-electron chi connectivity index (χ3n) is 3.78. The van der Waals surface area contributed by atoms with E-state index in [1.165, 1.54) is 11.0 Å². The molecule has 0 saturated carbocycles. The van der Waals surface area contributed by atoms with Crippen LogP contribution in [0.15, 0.2) is 23.1 Å². The zero-order valence-corrected chi connectivity index (χ0v) is 14.8. The molecular formula is C14H20Cl2N2O3S. The number of nitrogens with two attached hydrogens (primary N) is 1. The first kappa shape index (κ1) is 19.2. The van der Waals surface area contributed by atoms with Crippen molar-refractivity contribution in [3.8, 4) is 0 Å². The summed E-state index contributed by atoms with van der Waals surface area (Å²) in [5.41, 5.74) is 6.42. The Bertz CT molecular complexity index is 664. The van der Waals surface area contributed by atoms with Gasteiger partial charge in [-0.25, -0.2) is 8.42 Å². The molecule has 5 nitrogen and oxygen atoms in total. The molecule has 124 valence electrons. The van der Waals surface area contributed by atoms with E-state index in [9.17, 15) is 13.2 Å². The second kappa shape index (κ2) is 7.17. The van der Waals surface area contributed by atoms with Crippen LogP contribution in [0, 0.1) is 0 Å². The predicted molar refractivity (Wildman–Crippen MR) is 89.1 cm³/mol. The molecule has 0 fully saturated rings. The summed E-state index contributed by atoms with van der Waals surface area (Å²) in [6.07, 6.45) is 1.37. The number of amides is 1. The molecule has 2 unspecified atom stereocenters. The third kappa shape index (κ3) is 3.56. The van der Waals surface area contributed by atoms with Gasteiger partial charge in [0.05, 0.1) is 22.7 Å². The fourth-order valence-electron chi connectivity index (χ4n) is 2.62. The first-order valence-electron chi connectivity index (χ1n) is 6.82.